The van der Waals surface area contributed by atoms with Gasteiger partial charge in [0.2, 0.25) is 0 Å². The van der Waals surface area contributed by atoms with Crippen LogP contribution in [-0.4, -0.2) is 9.55 Å². The summed E-state index contributed by atoms with van der Waals surface area (Å²) in [6, 6.07) is 13.7. The molecule has 2 aromatic heterocycles. The number of hydrogen-bond acceptors (Lipinski definition) is 1. The molecule has 4 rings (SSSR count). The van der Waals surface area contributed by atoms with Crippen molar-refractivity contribution in [2.45, 2.75) is 0 Å². The van der Waals surface area contributed by atoms with Crippen LogP contribution in [-0.2, 0) is 7.05 Å². The Bertz CT molecular complexity index is 986. The summed E-state index contributed by atoms with van der Waals surface area (Å²) < 4.78 is 2.07. The fraction of sp³-hybridized carbons (Fsp3) is 0.0625. The van der Waals surface area contributed by atoms with E-state index in [1.54, 1.807) is 0 Å². The normalized spacial score (nSPS) is 11.8. The fourth-order valence-corrected chi connectivity index (χ4v) is 3.31. The minimum atomic E-state index is 0.705. The molecule has 2 aromatic carbocycles. The summed E-state index contributed by atoms with van der Waals surface area (Å²) in [5.74, 6) is 0. The lowest BCUT2D eigenvalue weighted by Crippen LogP contribution is -1.89. The molecule has 0 aliphatic rings. The molecule has 0 amide bonds. The highest BCUT2D eigenvalue weighted by molar-refractivity contribution is 6.41. The van der Waals surface area contributed by atoms with Crippen LogP contribution in [0.1, 0.15) is 0 Å². The molecule has 0 saturated carbocycles. The zero-order valence-electron chi connectivity index (χ0n) is 10.7. The maximum Gasteiger partial charge on any atom is 0.0983 e. The van der Waals surface area contributed by atoms with Gasteiger partial charge in [-0.1, -0.05) is 41.4 Å². The number of fused-ring (bicyclic) bond motifs is 4. The molecule has 98 valence electrons. The van der Waals surface area contributed by atoms with Crippen molar-refractivity contribution in [3.05, 3.63) is 52.5 Å². The Labute approximate surface area is 125 Å². The summed E-state index contributed by atoms with van der Waals surface area (Å²) in [5.41, 5.74) is 3.82. The van der Waals surface area contributed by atoms with E-state index in [9.17, 15) is 0 Å². The van der Waals surface area contributed by atoms with Crippen LogP contribution in [0, 0.1) is 0 Å². The third kappa shape index (κ3) is 1.49. The second-order valence-electron chi connectivity index (χ2n) is 4.86. The van der Waals surface area contributed by atoms with Crippen molar-refractivity contribution in [3.63, 3.8) is 0 Å². The van der Waals surface area contributed by atoms with Gasteiger partial charge in [0.15, 0.2) is 0 Å². The third-order valence-electron chi connectivity index (χ3n) is 3.72. The first kappa shape index (κ1) is 12.0. The molecule has 0 atom stereocenters. The average Bonchev–Trinajstić information content (AvgIpc) is 2.72. The highest BCUT2D eigenvalue weighted by atomic mass is 35.5. The molecule has 2 nitrogen and oxygen atoms in total. The lowest BCUT2D eigenvalue weighted by Gasteiger charge is -2.04. The lowest BCUT2D eigenvalue weighted by molar-refractivity contribution is 1.01. The van der Waals surface area contributed by atoms with Crippen molar-refractivity contribution < 1.29 is 0 Å². The number of halogens is 2. The van der Waals surface area contributed by atoms with E-state index >= 15 is 0 Å². The Morgan fingerprint density at radius 3 is 2.65 bits per heavy atom. The van der Waals surface area contributed by atoms with Gasteiger partial charge in [0.1, 0.15) is 0 Å². The molecular weight excluding hydrogens is 291 g/mol. The number of rotatable bonds is 0. The zero-order valence-corrected chi connectivity index (χ0v) is 12.2. The van der Waals surface area contributed by atoms with Crippen LogP contribution in [0.25, 0.3) is 32.8 Å². The predicted molar refractivity (Wildman–Crippen MR) is 85.7 cm³/mol. The van der Waals surface area contributed by atoms with Crippen LogP contribution in [0.3, 0.4) is 0 Å². The summed E-state index contributed by atoms with van der Waals surface area (Å²) in [6.45, 7) is 0. The molecule has 0 spiro atoms. The molecular formula is C16H10Cl2N2. The Morgan fingerprint density at radius 1 is 1.00 bits per heavy atom. The van der Waals surface area contributed by atoms with E-state index in [0.29, 0.717) is 5.02 Å². The number of aromatic nitrogens is 2. The van der Waals surface area contributed by atoms with Crippen molar-refractivity contribution in [3.8, 4) is 0 Å². The molecule has 0 N–H and O–H groups in total. The molecule has 0 unspecified atom stereocenters. The van der Waals surface area contributed by atoms with E-state index in [-0.39, 0.29) is 0 Å². The topological polar surface area (TPSA) is 17.8 Å². The Kier molecular flexibility index (Phi) is 2.47. The van der Waals surface area contributed by atoms with E-state index in [1.165, 1.54) is 0 Å². The second kappa shape index (κ2) is 4.11. The quantitative estimate of drug-likeness (QED) is 0.437. The lowest BCUT2D eigenvalue weighted by atomic mass is 10.2. The van der Waals surface area contributed by atoms with E-state index < -0.39 is 0 Å². The van der Waals surface area contributed by atoms with Crippen LogP contribution in [0.15, 0.2) is 42.5 Å². The van der Waals surface area contributed by atoms with Gasteiger partial charge in [-0.15, -0.1) is 0 Å². The molecule has 0 radical (unpaired) electrons. The predicted octanol–water partition coefficient (Wildman–Crippen LogP) is 5.19. The van der Waals surface area contributed by atoms with Gasteiger partial charge in [-0.2, -0.15) is 0 Å². The fourth-order valence-electron chi connectivity index (χ4n) is 2.77. The standard InChI is InChI=1S/C16H10Cl2N2/c1-20-13-7-6-9(17)8-11(13)15-16(20)14(18)10-4-2-3-5-12(10)19-15/h2-8H,1H3. The molecule has 0 fully saturated rings. The largest absolute Gasteiger partial charge is 0.341 e. The van der Waals surface area contributed by atoms with Crippen LogP contribution in [0.2, 0.25) is 10.0 Å². The van der Waals surface area contributed by atoms with E-state index in [4.69, 9.17) is 28.2 Å². The number of benzene rings is 2. The first-order valence-electron chi connectivity index (χ1n) is 6.28. The monoisotopic (exact) mass is 300 g/mol. The van der Waals surface area contributed by atoms with E-state index in [1.807, 2.05) is 49.5 Å². The van der Waals surface area contributed by atoms with Gasteiger partial charge < -0.3 is 4.57 Å². The number of pyridine rings is 1. The minimum Gasteiger partial charge on any atom is -0.341 e. The number of hydrogen-bond donors (Lipinski definition) is 0. The molecule has 0 saturated heterocycles. The summed E-state index contributed by atoms with van der Waals surface area (Å²) in [4.78, 5) is 4.76. The smallest absolute Gasteiger partial charge is 0.0983 e. The van der Waals surface area contributed by atoms with Gasteiger partial charge in [0.05, 0.1) is 27.1 Å². The molecule has 20 heavy (non-hydrogen) atoms. The van der Waals surface area contributed by atoms with Gasteiger partial charge in [0.25, 0.3) is 0 Å². The molecule has 0 aliphatic carbocycles. The van der Waals surface area contributed by atoms with Crippen molar-refractivity contribution in [1.29, 1.82) is 0 Å². The molecule has 4 heteroatoms. The molecule has 0 bridgehead atoms. The Hall–Kier alpha value is -1.77. The van der Waals surface area contributed by atoms with Crippen molar-refractivity contribution in [2.75, 3.05) is 0 Å². The maximum absolute atomic E-state index is 6.60. The minimum absolute atomic E-state index is 0.705. The summed E-state index contributed by atoms with van der Waals surface area (Å²) in [5, 5.41) is 3.44. The first-order chi connectivity index (χ1) is 9.66. The Balaban J connectivity index is 2.35. The summed E-state index contributed by atoms with van der Waals surface area (Å²) in [6.07, 6.45) is 0. The highest BCUT2D eigenvalue weighted by Crippen LogP contribution is 2.36. The van der Waals surface area contributed by atoms with Crippen molar-refractivity contribution >= 4 is 56.0 Å². The summed E-state index contributed by atoms with van der Waals surface area (Å²) in [7, 11) is 2.00. The molecule has 4 aromatic rings. The maximum atomic E-state index is 6.60. The van der Waals surface area contributed by atoms with Gasteiger partial charge in [-0.25, -0.2) is 4.98 Å². The van der Waals surface area contributed by atoms with Crippen LogP contribution in [0.4, 0.5) is 0 Å². The highest BCUT2D eigenvalue weighted by Gasteiger charge is 2.15. The summed E-state index contributed by atoms with van der Waals surface area (Å²) >= 11 is 12.7. The molecule has 2 heterocycles. The molecule has 0 aliphatic heterocycles. The zero-order chi connectivity index (χ0) is 13.9. The van der Waals surface area contributed by atoms with Crippen LogP contribution in [0.5, 0.6) is 0 Å². The van der Waals surface area contributed by atoms with Gasteiger partial charge >= 0.3 is 0 Å². The number of nitrogens with zero attached hydrogens (tertiary/aromatic N) is 2. The van der Waals surface area contributed by atoms with E-state index in [2.05, 4.69) is 4.57 Å². The number of para-hydroxylation sites is 1. The third-order valence-corrected chi connectivity index (χ3v) is 4.33. The van der Waals surface area contributed by atoms with Gasteiger partial charge in [0, 0.05) is 22.8 Å². The Morgan fingerprint density at radius 2 is 1.80 bits per heavy atom. The first-order valence-corrected chi connectivity index (χ1v) is 7.04. The van der Waals surface area contributed by atoms with Crippen molar-refractivity contribution in [2.24, 2.45) is 7.05 Å². The second-order valence-corrected chi connectivity index (χ2v) is 5.68. The average molecular weight is 301 g/mol. The van der Waals surface area contributed by atoms with Crippen LogP contribution < -0.4 is 0 Å². The van der Waals surface area contributed by atoms with E-state index in [0.717, 1.165) is 37.9 Å². The van der Waals surface area contributed by atoms with Gasteiger partial charge in [-0.3, -0.25) is 0 Å². The SMILES string of the molecule is Cn1c2ccc(Cl)cc2c2nc3ccccc3c(Cl)c21. The number of aryl methyl sites for hydroxylation is 1. The van der Waals surface area contributed by atoms with Crippen LogP contribution >= 0.6 is 23.2 Å². The van der Waals surface area contributed by atoms with Crippen molar-refractivity contribution in [1.82, 2.24) is 9.55 Å². The van der Waals surface area contributed by atoms with Gasteiger partial charge in [-0.05, 0) is 24.3 Å².